The van der Waals surface area contributed by atoms with Crippen molar-refractivity contribution in [3.63, 3.8) is 0 Å². The van der Waals surface area contributed by atoms with E-state index in [-0.39, 0.29) is 0 Å². The lowest BCUT2D eigenvalue weighted by Crippen LogP contribution is -1.85. The highest BCUT2D eigenvalue weighted by Gasteiger charge is 2.03. The quantitative estimate of drug-likeness (QED) is 0.598. The van der Waals surface area contributed by atoms with Crippen molar-refractivity contribution in [3.8, 4) is 22.8 Å². The molecule has 1 heterocycles. The minimum atomic E-state index is 0.475. The molecule has 0 amide bonds. The minimum Gasteiger partial charge on any atom is -0.457 e. The first-order valence-corrected chi connectivity index (χ1v) is 7.54. The molecule has 0 aliphatic heterocycles. The lowest BCUT2D eigenvalue weighted by Gasteiger charge is -2.07. The first-order chi connectivity index (χ1) is 9.72. The Morgan fingerprint density at radius 1 is 0.900 bits per heavy atom. The van der Waals surface area contributed by atoms with Gasteiger partial charge in [0.2, 0.25) is 0 Å². The molecule has 100 valence electrons. The van der Waals surface area contributed by atoms with Crippen LogP contribution in [-0.4, -0.2) is 4.98 Å². The van der Waals surface area contributed by atoms with Crippen LogP contribution in [0.25, 0.3) is 11.3 Å². The molecule has 0 saturated carbocycles. The van der Waals surface area contributed by atoms with Gasteiger partial charge in [0.25, 0.3) is 0 Å². The molecular formula is C15H9Cl2NOS. The third-order valence-corrected chi connectivity index (χ3v) is 4.03. The average Bonchev–Trinajstić information content (AvgIpc) is 2.98. The standard InChI is InChI=1S/C15H9Cl2NOS/c16-13-6-5-12(7-14(13)17)19-11-3-1-10(2-4-11)15-8-20-9-18-15/h1-9H. The number of hydrogen-bond donors (Lipinski definition) is 0. The zero-order chi connectivity index (χ0) is 13.9. The lowest BCUT2D eigenvalue weighted by atomic mass is 10.2. The van der Waals surface area contributed by atoms with Crippen LogP contribution in [0.4, 0.5) is 0 Å². The Labute approximate surface area is 130 Å². The summed E-state index contributed by atoms with van der Waals surface area (Å²) in [5.74, 6) is 1.39. The molecule has 0 aliphatic carbocycles. The van der Waals surface area contributed by atoms with E-state index in [1.54, 1.807) is 29.5 Å². The summed E-state index contributed by atoms with van der Waals surface area (Å²) in [6.07, 6.45) is 0. The van der Waals surface area contributed by atoms with Crippen LogP contribution in [0.5, 0.6) is 11.5 Å². The molecule has 0 aliphatic rings. The zero-order valence-corrected chi connectivity index (χ0v) is 12.5. The molecule has 2 aromatic carbocycles. The van der Waals surface area contributed by atoms with Gasteiger partial charge in [-0.25, -0.2) is 4.98 Å². The molecular weight excluding hydrogens is 313 g/mol. The number of benzene rings is 2. The number of nitrogens with zero attached hydrogens (tertiary/aromatic N) is 1. The van der Waals surface area contributed by atoms with Gasteiger partial charge >= 0.3 is 0 Å². The number of aromatic nitrogens is 1. The van der Waals surface area contributed by atoms with Crippen LogP contribution in [-0.2, 0) is 0 Å². The number of halogens is 2. The summed E-state index contributed by atoms with van der Waals surface area (Å²) in [6, 6.07) is 12.9. The Balaban J connectivity index is 1.79. The maximum absolute atomic E-state index is 5.95. The van der Waals surface area contributed by atoms with E-state index >= 15 is 0 Å². The first-order valence-electron chi connectivity index (χ1n) is 5.84. The third kappa shape index (κ3) is 2.96. The van der Waals surface area contributed by atoms with Crippen molar-refractivity contribution < 1.29 is 4.74 Å². The molecule has 0 unspecified atom stereocenters. The molecule has 0 bridgehead atoms. The molecule has 0 N–H and O–H groups in total. The predicted octanol–water partition coefficient (Wildman–Crippen LogP) is 5.91. The number of hydrogen-bond acceptors (Lipinski definition) is 3. The molecule has 0 fully saturated rings. The van der Waals surface area contributed by atoms with Gasteiger partial charge in [0.05, 0.1) is 21.2 Å². The highest BCUT2D eigenvalue weighted by molar-refractivity contribution is 7.07. The summed E-state index contributed by atoms with van der Waals surface area (Å²) in [5.41, 5.74) is 3.85. The minimum absolute atomic E-state index is 0.475. The van der Waals surface area contributed by atoms with Gasteiger partial charge in [0.1, 0.15) is 11.5 Å². The normalized spacial score (nSPS) is 10.5. The van der Waals surface area contributed by atoms with Crippen molar-refractivity contribution in [2.75, 3.05) is 0 Å². The molecule has 5 heteroatoms. The number of ether oxygens (including phenoxy) is 1. The summed E-state index contributed by atoms with van der Waals surface area (Å²) in [4.78, 5) is 4.27. The summed E-state index contributed by atoms with van der Waals surface area (Å²) >= 11 is 13.4. The molecule has 0 saturated heterocycles. The molecule has 0 radical (unpaired) electrons. The predicted molar refractivity (Wildman–Crippen MR) is 84.1 cm³/mol. The Kier molecular flexibility index (Phi) is 3.92. The van der Waals surface area contributed by atoms with Crippen molar-refractivity contribution in [2.24, 2.45) is 0 Å². The number of thiazole rings is 1. The largest absolute Gasteiger partial charge is 0.457 e. The Bertz CT molecular complexity index is 711. The van der Waals surface area contributed by atoms with E-state index in [9.17, 15) is 0 Å². The van der Waals surface area contributed by atoms with Crippen LogP contribution >= 0.6 is 34.5 Å². The Morgan fingerprint density at radius 2 is 1.65 bits per heavy atom. The molecule has 2 nitrogen and oxygen atoms in total. The van der Waals surface area contributed by atoms with Crippen molar-refractivity contribution in [1.82, 2.24) is 4.98 Å². The second-order valence-corrected chi connectivity index (χ2v) is 5.61. The van der Waals surface area contributed by atoms with E-state index in [0.717, 1.165) is 17.0 Å². The molecule has 3 rings (SSSR count). The lowest BCUT2D eigenvalue weighted by molar-refractivity contribution is 0.483. The average molecular weight is 322 g/mol. The Morgan fingerprint density at radius 3 is 2.30 bits per heavy atom. The van der Waals surface area contributed by atoms with Crippen molar-refractivity contribution in [1.29, 1.82) is 0 Å². The third-order valence-electron chi connectivity index (χ3n) is 2.71. The maximum Gasteiger partial charge on any atom is 0.129 e. The summed E-state index contributed by atoms with van der Waals surface area (Å²) in [6.45, 7) is 0. The molecule has 3 aromatic rings. The molecule has 1 aromatic heterocycles. The fraction of sp³-hybridized carbons (Fsp3) is 0. The zero-order valence-electron chi connectivity index (χ0n) is 10.2. The molecule has 0 spiro atoms. The van der Waals surface area contributed by atoms with Gasteiger partial charge in [-0.1, -0.05) is 23.2 Å². The first kappa shape index (κ1) is 13.4. The fourth-order valence-corrected chi connectivity index (χ4v) is 2.57. The summed E-state index contributed by atoms with van der Waals surface area (Å²) in [5, 5.41) is 3.00. The van der Waals surface area contributed by atoms with Crippen molar-refractivity contribution in [2.45, 2.75) is 0 Å². The fourth-order valence-electron chi connectivity index (χ4n) is 1.73. The second kappa shape index (κ2) is 5.83. The monoisotopic (exact) mass is 321 g/mol. The highest BCUT2D eigenvalue weighted by Crippen LogP contribution is 2.30. The van der Waals surface area contributed by atoms with Crippen LogP contribution in [0.2, 0.25) is 10.0 Å². The van der Waals surface area contributed by atoms with Crippen molar-refractivity contribution in [3.05, 3.63) is 63.4 Å². The molecule has 0 atom stereocenters. The van der Waals surface area contributed by atoms with Crippen LogP contribution < -0.4 is 4.74 Å². The SMILES string of the molecule is Clc1ccc(Oc2ccc(-c3cscn3)cc2)cc1Cl. The van der Waals surface area contributed by atoms with Gasteiger partial charge in [-0.15, -0.1) is 11.3 Å². The summed E-state index contributed by atoms with van der Waals surface area (Å²) in [7, 11) is 0. The molecule has 20 heavy (non-hydrogen) atoms. The van der Waals surface area contributed by atoms with Crippen LogP contribution in [0.15, 0.2) is 53.4 Å². The van der Waals surface area contributed by atoms with E-state index in [1.165, 1.54) is 0 Å². The van der Waals surface area contributed by atoms with E-state index in [4.69, 9.17) is 27.9 Å². The topological polar surface area (TPSA) is 22.1 Å². The van der Waals surface area contributed by atoms with E-state index in [0.29, 0.717) is 15.8 Å². The van der Waals surface area contributed by atoms with E-state index in [2.05, 4.69) is 4.98 Å². The van der Waals surface area contributed by atoms with Gasteiger partial charge in [0, 0.05) is 17.0 Å². The van der Waals surface area contributed by atoms with Gasteiger partial charge < -0.3 is 4.74 Å². The van der Waals surface area contributed by atoms with Crippen LogP contribution in [0.1, 0.15) is 0 Å². The maximum atomic E-state index is 5.95. The van der Waals surface area contributed by atoms with E-state index in [1.807, 2.05) is 35.2 Å². The van der Waals surface area contributed by atoms with Gasteiger partial charge in [-0.2, -0.15) is 0 Å². The smallest absolute Gasteiger partial charge is 0.129 e. The van der Waals surface area contributed by atoms with Crippen LogP contribution in [0, 0.1) is 0 Å². The van der Waals surface area contributed by atoms with Gasteiger partial charge in [0.15, 0.2) is 0 Å². The van der Waals surface area contributed by atoms with Gasteiger partial charge in [-0.05, 0) is 36.4 Å². The highest BCUT2D eigenvalue weighted by atomic mass is 35.5. The Hall–Kier alpha value is -1.55. The van der Waals surface area contributed by atoms with E-state index < -0.39 is 0 Å². The van der Waals surface area contributed by atoms with Gasteiger partial charge in [-0.3, -0.25) is 0 Å². The van der Waals surface area contributed by atoms with Crippen molar-refractivity contribution >= 4 is 34.5 Å². The second-order valence-electron chi connectivity index (χ2n) is 4.08. The van der Waals surface area contributed by atoms with Crippen LogP contribution in [0.3, 0.4) is 0 Å². The number of rotatable bonds is 3. The summed E-state index contributed by atoms with van der Waals surface area (Å²) < 4.78 is 5.73.